The van der Waals surface area contributed by atoms with Gasteiger partial charge in [-0.05, 0) is 30.3 Å². The summed E-state index contributed by atoms with van der Waals surface area (Å²) in [6, 6.07) is 8.32. The van der Waals surface area contributed by atoms with Crippen molar-refractivity contribution in [2.24, 2.45) is 10.9 Å². The van der Waals surface area contributed by atoms with Gasteiger partial charge >= 0.3 is 0 Å². The standard InChI is InChI=1S/C13H12ClN3O3/c1-19-10-3-2-8(14)6-9(10)11-4-5-12(20-11)13(18)16-7-17-15/h2-7H,15H2,1H3,(H,16,17,18). The van der Waals surface area contributed by atoms with Crippen molar-refractivity contribution in [3.63, 3.8) is 0 Å². The van der Waals surface area contributed by atoms with Crippen molar-refractivity contribution >= 4 is 23.8 Å². The molecule has 20 heavy (non-hydrogen) atoms. The molecular weight excluding hydrogens is 282 g/mol. The largest absolute Gasteiger partial charge is 0.496 e. The van der Waals surface area contributed by atoms with Gasteiger partial charge in [0, 0.05) is 5.02 Å². The second kappa shape index (κ2) is 6.12. The number of carbonyl (C=O) groups excluding carboxylic acids is 1. The number of ether oxygens (including phenoxy) is 1. The van der Waals surface area contributed by atoms with Crippen molar-refractivity contribution in [1.29, 1.82) is 0 Å². The van der Waals surface area contributed by atoms with Gasteiger partial charge in [0.25, 0.3) is 5.91 Å². The van der Waals surface area contributed by atoms with Crippen molar-refractivity contribution in [3.8, 4) is 17.1 Å². The highest BCUT2D eigenvalue weighted by Crippen LogP contribution is 2.33. The number of nitrogens with one attached hydrogen (secondary N) is 1. The molecule has 6 nitrogen and oxygen atoms in total. The zero-order valence-electron chi connectivity index (χ0n) is 10.6. The van der Waals surface area contributed by atoms with Gasteiger partial charge in [-0.3, -0.25) is 4.79 Å². The Morgan fingerprint density at radius 3 is 2.95 bits per heavy atom. The number of furan rings is 1. The van der Waals surface area contributed by atoms with Crippen LogP contribution in [0.15, 0.2) is 39.9 Å². The average molecular weight is 294 g/mol. The molecule has 0 aliphatic carbocycles. The molecule has 7 heteroatoms. The van der Waals surface area contributed by atoms with Crippen molar-refractivity contribution in [3.05, 3.63) is 41.1 Å². The predicted octanol–water partition coefficient (Wildman–Crippen LogP) is 2.24. The number of methoxy groups -OCH3 is 1. The Balaban J connectivity index is 2.33. The molecule has 1 heterocycles. The molecular formula is C13H12ClN3O3. The molecule has 2 aromatic rings. The van der Waals surface area contributed by atoms with Crippen molar-refractivity contribution in [2.75, 3.05) is 7.11 Å². The van der Waals surface area contributed by atoms with E-state index in [1.54, 1.807) is 31.4 Å². The molecule has 1 aromatic carbocycles. The number of halogens is 1. The van der Waals surface area contributed by atoms with Gasteiger partial charge < -0.3 is 20.3 Å². The highest BCUT2D eigenvalue weighted by atomic mass is 35.5. The van der Waals surface area contributed by atoms with Crippen molar-refractivity contribution < 1.29 is 13.9 Å². The molecule has 0 atom stereocenters. The molecule has 104 valence electrons. The third-order valence-corrected chi connectivity index (χ3v) is 2.76. The zero-order chi connectivity index (χ0) is 14.5. The maximum atomic E-state index is 11.7. The van der Waals surface area contributed by atoms with Gasteiger partial charge in [-0.2, -0.15) is 5.10 Å². The van der Waals surface area contributed by atoms with Gasteiger partial charge in [-0.1, -0.05) is 11.6 Å². The van der Waals surface area contributed by atoms with Crippen LogP contribution >= 0.6 is 11.6 Å². The molecule has 0 fully saturated rings. The number of nitrogens with zero attached hydrogens (tertiary/aromatic N) is 1. The van der Waals surface area contributed by atoms with E-state index >= 15 is 0 Å². The number of amides is 1. The smallest absolute Gasteiger partial charge is 0.292 e. The molecule has 0 aliphatic heterocycles. The molecule has 3 N–H and O–H groups in total. The summed E-state index contributed by atoms with van der Waals surface area (Å²) < 4.78 is 10.7. The number of hydrogen-bond acceptors (Lipinski definition) is 5. The number of hydrazone groups is 1. The van der Waals surface area contributed by atoms with Crippen LogP contribution in [0.3, 0.4) is 0 Å². The number of rotatable bonds is 4. The Kier molecular flexibility index (Phi) is 4.27. The van der Waals surface area contributed by atoms with Gasteiger partial charge in [0.15, 0.2) is 5.76 Å². The molecule has 0 unspecified atom stereocenters. The normalized spacial score (nSPS) is 10.7. The zero-order valence-corrected chi connectivity index (χ0v) is 11.3. The van der Waals surface area contributed by atoms with Crippen LogP contribution in [0.4, 0.5) is 0 Å². The lowest BCUT2D eigenvalue weighted by Gasteiger charge is -2.06. The van der Waals surface area contributed by atoms with E-state index in [9.17, 15) is 4.79 Å². The summed E-state index contributed by atoms with van der Waals surface area (Å²) in [5.74, 6) is 5.64. The minimum atomic E-state index is -0.452. The Bertz CT molecular complexity index is 652. The molecule has 1 amide bonds. The Labute approximate surface area is 120 Å². The first-order valence-corrected chi connectivity index (χ1v) is 6.00. The molecule has 0 radical (unpaired) electrons. The number of benzene rings is 1. The van der Waals surface area contributed by atoms with Crippen molar-refractivity contribution in [2.45, 2.75) is 0 Å². The van der Waals surface area contributed by atoms with Crippen LogP contribution in [0.5, 0.6) is 5.75 Å². The fourth-order valence-corrected chi connectivity index (χ4v) is 1.82. The maximum Gasteiger partial charge on any atom is 0.292 e. The first-order chi connectivity index (χ1) is 9.65. The Hall–Kier alpha value is -2.47. The summed E-state index contributed by atoms with van der Waals surface area (Å²) in [6.07, 6.45) is 1.07. The summed E-state index contributed by atoms with van der Waals surface area (Å²) >= 11 is 5.95. The highest BCUT2D eigenvalue weighted by molar-refractivity contribution is 6.30. The number of nitrogens with two attached hydrogens (primary N) is 1. The molecule has 1 aromatic heterocycles. The van der Waals surface area contributed by atoms with Crippen LogP contribution in [-0.2, 0) is 0 Å². The Morgan fingerprint density at radius 2 is 2.25 bits per heavy atom. The number of hydrogen-bond donors (Lipinski definition) is 2. The second-order valence-electron chi connectivity index (χ2n) is 3.76. The van der Waals surface area contributed by atoms with E-state index in [1.807, 2.05) is 0 Å². The fourth-order valence-electron chi connectivity index (χ4n) is 1.64. The fraction of sp³-hybridized carbons (Fsp3) is 0.0769. The van der Waals surface area contributed by atoms with E-state index in [1.165, 1.54) is 6.07 Å². The van der Waals surface area contributed by atoms with Crippen LogP contribution in [0.25, 0.3) is 11.3 Å². The SMILES string of the molecule is COc1ccc(Cl)cc1-c1ccc(C(=O)N/C=N/N)o1. The maximum absolute atomic E-state index is 11.7. The van der Waals surface area contributed by atoms with Crippen LogP contribution < -0.4 is 15.9 Å². The Morgan fingerprint density at radius 1 is 1.45 bits per heavy atom. The lowest BCUT2D eigenvalue weighted by atomic mass is 10.1. The summed E-state index contributed by atoms with van der Waals surface area (Å²) in [5.41, 5.74) is 0.659. The van der Waals surface area contributed by atoms with Crippen LogP contribution in [0.1, 0.15) is 10.6 Å². The molecule has 0 saturated heterocycles. The van der Waals surface area contributed by atoms with Crippen LogP contribution in [-0.4, -0.2) is 19.4 Å². The lowest BCUT2D eigenvalue weighted by Crippen LogP contribution is -2.21. The summed E-state index contributed by atoms with van der Waals surface area (Å²) in [6.45, 7) is 0. The van der Waals surface area contributed by atoms with Crippen molar-refractivity contribution in [1.82, 2.24) is 5.32 Å². The second-order valence-corrected chi connectivity index (χ2v) is 4.20. The minimum Gasteiger partial charge on any atom is -0.496 e. The molecule has 0 aliphatic rings. The van der Waals surface area contributed by atoms with Gasteiger partial charge in [0.05, 0.1) is 12.7 Å². The van der Waals surface area contributed by atoms with Gasteiger partial charge in [0.2, 0.25) is 0 Å². The van der Waals surface area contributed by atoms with E-state index in [-0.39, 0.29) is 5.76 Å². The summed E-state index contributed by atoms with van der Waals surface area (Å²) in [4.78, 5) is 11.7. The first kappa shape index (κ1) is 14.0. The van der Waals surface area contributed by atoms with E-state index in [4.69, 9.17) is 26.6 Å². The molecule has 2 rings (SSSR count). The minimum absolute atomic E-state index is 0.127. The van der Waals surface area contributed by atoms with Gasteiger partial charge in [-0.15, -0.1) is 0 Å². The average Bonchev–Trinajstić information content (AvgIpc) is 2.94. The number of carbonyl (C=O) groups is 1. The topological polar surface area (TPSA) is 89.8 Å². The third-order valence-electron chi connectivity index (χ3n) is 2.53. The van der Waals surface area contributed by atoms with E-state index in [0.717, 1.165) is 6.34 Å². The van der Waals surface area contributed by atoms with E-state index in [2.05, 4.69) is 10.4 Å². The first-order valence-electron chi connectivity index (χ1n) is 5.62. The lowest BCUT2D eigenvalue weighted by molar-refractivity contribution is 0.0952. The monoisotopic (exact) mass is 293 g/mol. The summed E-state index contributed by atoms with van der Waals surface area (Å²) in [5, 5.41) is 6.06. The molecule has 0 spiro atoms. The quantitative estimate of drug-likeness (QED) is 0.391. The molecule has 0 saturated carbocycles. The third kappa shape index (κ3) is 2.92. The molecule has 0 bridgehead atoms. The van der Waals surface area contributed by atoms with Crippen LogP contribution in [0, 0.1) is 0 Å². The van der Waals surface area contributed by atoms with Gasteiger partial charge in [0.1, 0.15) is 17.8 Å². The predicted molar refractivity (Wildman–Crippen MR) is 75.9 cm³/mol. The van der Waals surface area contributed by atoms with Crippen LogP contribution in [0.2, 0.25) is 5.02 Å². The summed E-state index contributed by atoms with van der Waals surface area (Å²) in [7, 11) is 1.54. The van der Waals surface area contributed by atoms with Gasteiger partial charge in [-0.25, -0.2) is 0 Å². The van der Waals surface area contributed by atoms with E-state index < -0.39 is 5.91 Å². The van der Waals surface area contributed by atoms with E-state index in [0.29, 0.717) is 22.1 Å². The highest BCUT2D eigenvalue weighted by Gasteiger charge is 2.14.